The number of nitrogens with two attached hydrogens (primary N) is 1. The fourth-order valence-corrected chi connectivity index (χ4v) is 3.83. The van der Waals surface area contributed by atoms with Gasteiger partial charge in [0.1, 0.15) is 29.0 Å². The Bertz CT molecular complexity index is 1430. The molecule has 10 heteroatoms. The first kappa shape index (κ1) is 22.7. The Labute approximate surface area is 192 Å². The molecule has 4 aromatic rings. The first-order valence-corrected chi connectivity index (χ1v) is 10.2. The zero-order valence-electron chi connectivity index (χ0n) is 17.7. The van der Waals surface area contributed by atoms with E-state index < -0.39 is 24.3 Å². The number of nitrogens with one attached hydrogen (secondary N) is 2. The van der Waals surface area contributed by atoms with Gasteiger partial charge in [-0.05, 0) is 60.5 Å². The summed E-state index contributed by atoms with van der Waals surface area (Å²) < 4.78 is 14.0. The molecule has 1 aromatic heterocycles. The SMILES string of the molecule is N=C(N)c1ccc2nc(-c3cc(C(CCO)C(=O)O)cc(-c4cc(F)ccc4O)c3O)[nH]c2c1. The van der Waals surface area contributed by atoms with Crippen molar-refractivity contribution in [3.8, 4) is 34.0 Å². The molecule has 3 aromatic carbocycles. The number of H-pyrrole nitrogens is 1. The standard InChI is InChI=1S/C24H21FN4O5/c25-13-2-4-20(31)15(10-13)16-7-12(14(5-6-30)24(33)34)8-17(21(16)32)23-28-18-3-1-11(22(26)27)9-19(18)29-23/h1-4,7-10,14,30-32H,5-6H2,(H3,26,27)(H,28,29)(H,33,34). The van der Waals surface area contributed by atoms with Gasteiger partial charge in [-0.2, -0.15) is 0 Å². The summed E-state index contributed by atoms with van der Waals surface area (Å²) in [5.41, 5.74) is 7.32. The van der Waals surface area contributed by atoms with Gasteiger partial charge in [-0.25, -0.2) is 9.37 Å². The normalized spacial score (nSPS) is 12.1. The number of nitrogens with zero attached hydrogens (tertiary/aromatic N) is 1. The van der Waals surface area contributed by atoms with Crippen LogP contribution in [0.4, 0.5) is 4.39 Å². The molecule has 0 saturated carbocycles. The number of halogens is 1. The van der Waals surface area contributed by atoms with Gasteiger partial charge in [0.15, 0.2) is 0 Å². The number of aliphatic carboxylic acids is 1. The van der Waals surface area contributed by atoms with E-state index >= 15 is 0 Å². The van der Waals surface area contributed by atoms with Crippen molar-refractivity contribution in [3.05, 3.63) is 65.5 Å². The molecule has 0 amide bonds. The van der Waals surface area contributed by atoms with Crippen LogP contribution in [-0.4, -0.2) is 48.8 Å². The molecule has 9 nitrogen and oxygen atoms in total. The Morgan fingerprint density at radius 1 is 1.09 bits per heavy atom. The van der Waals surface area contributed by atoms with Gasteiger partial charge in [-0.1, -0.05) is 0 Å². The maximum Gasteiger partial charge on any atom is 0.311 e. The molecule has 174 valence electrons. The molecule has 8 N–H and O–H groups in total. The van der Waals surface area contributed by atoms with Crippen LogP contribution in [0.1, 0.15) is 23.5 Å². The highest BCUT2D eigenvalue weighted by Crippen LogP contribution is 2.43. The molecule has 0 saturated heterocycles. The number of carbonyl (C=O) groups is 1. The number of phenolic OH excluding ortho intramolecular Hbond substituents is 2. The highest BCUT2D eigenvalue weighted by atomic mass is 19.1. The van der Waals surface area contributed by atoms with Crippen molar-refractivity contribution in [2.45, 2.75) is 12.3 Å². The monoisotopic (exact) mass is 464 g/mol. The molecule has 0 spiro atoms. The number of phenols is 2. The van der Waals surface area contributed by atoms with Gasteiger partial charge in [0, 0.05) is 23.3 Å². The van der Waals surface area contributed by atoms with Gasteiger partial charge in [0.25, 0.3) is 0 Å². The summed E-state index contributed by atoms with van der Waals surface area (Å²) in [6.45, 7) is -0.397. The van der Waals surface area contributed by atoms with Gasteiger partial charge in [0.2, 0.25) is 0 Å². The van der Waals surface area contributed by atoms with Gasteiger partial charge in [-0.3, -0.25) is 10.2 Å². The van der Waals surface area contributed by atoms with E-state index in [2.05, 4.69) is 9.97 Å². The number of aromatic hydroxyl groups is 2. The van der Waals surface area contributed by atoms with Crippen LogP contribution in [0.2, 0.25) is 0 Å². The van der Waals surface area contributed by atoms with Gasteiger partial charge >= 0.3 is 5.97 Å². The second-order valence-electron chi connectivity index (χ2n) is 7.76. The number of rotatable bonds is 7. The predicted octanol–water partition coefficient (Wildman–Crippen LogP) is 3.28. The van der Waals surface area contributed by atoms with E-state index in [0.29, 0.717) is 16.6 Å². The van der Waals surface area contributed by atoms with E-state index in [4.69, 9.17) is 11.1 Å². The van der Waals surface area contributed by atoms with E-state index in [1.165, 1.54) is 12.1 Å². The lowest BCUT2D eigenvalue weighted by Gasteiger charge is -2.17. The molecular weight excluding hydrogens is 443 g/mol. The molecule has 34 heavy (non-hydrogen) atoms. The van der Waals surface area contributed by atoms with Crippen molar-refractivity contribution in [3.63, 3.8) is 0 Å². The number of hydrogen-bond donors (Lipinski definition) is 7. The van der Waals surface area contributed by atoms with Crippen molar-refractivity contribution in [2.75, 3.05) is 6.61 Å². The summed E-state index contributed by atoms with van der Waals surface area (Å²) in [7, 11) is 0. The minimum atomic E-state index is -1.20. The first-order chi connectivity index (χ1) is 16.2. The van der Waals surface area contributed by atoms with E-state index in [1.807, 2.05) is 0 Å². The number of amidine groups is 1. The maximum absolute atomic E-state index is 14.0. The van der Waals surface area contributed by atoms with Crippen LogP contribution in [0.5, 0.6) is 11.5 Å². The number of imidazole rings is 1. The third kappa shape index (κ3) is 4.14. The lowest BCUT2D eigenvalue weighted by molar-refractivity contribution is -0.139. The van der Waals surface area contributed by atoms with E-state index in [9.17, 15) is 29.6 Å². The van der Waals surface area contributed by atoms with E-state index in [-0.39, 0.29) is 51.8 Å². The Hall–Kier alpha value is -4.44. The van der Waals surface area contributed by atoms with Gasteiger partial charge < -0.3 is 31.1 Å². The summed E-state index contributed by atoms with van der Waals surface area (Å²) in [6.07, 6.45) is -0.101. The number of aromatic nitrogens is 2. The van der Waals surface area contributed by atoms with Crippen LogP contribution in [0.3, 0.4) is 0 Å². The lowest BCUT2D eigenvalue weighted by atomic mass is 9.89. The minimum Gasteiger partial charge on any atom is -0.507 e. The fourth-order valence-electron chi connectivity index (χ4n) is 3.83. The van der Waals surface area contributed by atoms with Crippen LogP contribution in [-0.2, 0) is 4.79 Å². The average Bonchev–Trinajstić information content (AvgIpc) is 3.22. The number of nitrogen functional groups attached to an aromatic ring is 1. The lowest BCUT2D eigenvalue weighted by Crippen LogP contribution is -2.13. The number of benzene rings is 3. The molecule has 0 aliphatic heterocycles. The number of hydrogen-bond acceptors (Lipinski definition) is 6. The second-order valence-corrected chi connectivity index (χ2v) is 7.76. The molecule has 0 bridgehead atoms. The Morgan fingerprint density at radius 3 is 2.50 bits per heavy atom. The van der Waals surface area contributed by atoms with Gasteiger partial charge in [-0.15, -0.1) is 0 Å². The molecule has 0 aliphatic rings. The third-order valence-electron chi connectivity index (χ3n) is 5.55. The Balaban J connectivity index is 1.99. The molecule has 1 heterocycles. The summed E-state index contributed by atoms with van der Waals surface area (Å²) in [5, 5.41) is 48.1. The maximum atomic E-state index is 14.0. The molecule has 0 aliphatic carbocycles. The average molecular weight is 464 g/mol. The number of fused-ring (bicyclic) bond motifs is 1. The smallest absolute Gasteiger partial charge is 0.311 e. The van der Waals surface area contributed by atoms with E-state index in [1.54, 1.807) is 18.2 Å². The van der Waals surface area contributed by atoms with Crippen molar-refractivity contribution in [1.82, 2.24) is 9.97 Å². The highest BCUT2D eigenvalue weighted by Gasteiger charge is 2.25. The van der Waals surface area contributed by atoms with Crippen LogP contribution in [0, 0.1) is 11.2 Å². The van der Waals surface area contributed by atoms with Crippen molar-refractivity contribution >= 4 is 22.8 Å². The summed E-state index contributed by atoms with van der Waals surface area (Å²) in [4.78, 5) is 19.4. The minimum absolute atomic E-state index is 0.00132. The third-order valence-corrected chi connectivity index (χ3v) is 5.55. The van der Waals surface area contributed by atoms with Crippen LogP contribution in [0.25, 0.3) is 33.5 Å². The quantitative estimate of drug-likeness (QED) is 0.162. The second kappa shape index (κ2) is 8.83. The predicted molar refractivity (Wildman–Crippen MR) is 123 cm³/mol. The van der Waals surface area contributed by atoms with Crippen LogP contribution < -0.4 is 5.73 Å². The fraction of sp³-hybridized carbons (Fsp3) is 0.125. The Kier molecular flexibility index (Phi) is 5.91. The molecular formula is C24H21FN4O5. The van der Waals surface area contributed by atoms with Crippen LogP contribution in [0.15, 0.2) is 48.5 Å². The molecule has 1 atom stereocenters. The zero-order valence-corrected chi connectivity index (χ0v) is 17.7. The summed E-state index contributed by atoms with van der Waals surface area (Å²) >= 11 is 0. The van der Waals surface area contributed by atoms with Crippen LogP contribution >= 0.6 is 0 Å². The van der Waals surface area contributed by atoms with Crippen molar-refractivity contribution in [2.24, 2.45) is 5.73 Å². The molecule has 0 radical (unpaired) electrons. The summed E-state index contributed by atoms with van der Waals surface area (Å²) in [6, 6.07) is 10.8. The van der Waals surface area contributed by atoms with Crippen molar-refractivity contribution < 1.29 is 29.6 Å². The number of aliphatic hydroxyl groups is 1. The first-order valence-electron chi connectivity index (χ1n) is 10.2. The number of carboxylic acid groups (broad SMARTS) is 1. The Morgan fingerprint density at radius 2 is 1.82 bits per heavy atom. The number of carboxylic acids is 1. The van der Waals surface area contributed by atoms with Gasteiger partial charge in [0.05, 0.1) is 22.5 Å². The number of aromatic amines is 1. The van der Waals surface area contributed by atoms with E-state index in [0.717, 1.165) is 18.2 Å². The molecule has 1 unspecified atom stereocenters. The highest BCUT2D eigenvalue weighted by molar-refractivity contribution is 5.98. The molecule has 0 fully saturated rings. The summed E-state index contributed by atoms with van der Waals surface area (Å²) in [5.74, 6) is -3.62. The zero-order chi connectivity index (χ0) is 24.6. The molecule has 4 rings (SSSR count). The topological polar surface area (TPSA) is 177 Å². The largest absolute Gasteiger partial charge is 0.507 e. The number of aliphatic hydroxyl groups excluding tert-OH is 1. The van der Waals surface area contributed by atoms with Crippen molar-refractivity contribution in [1.29, 1.82) is 5.41 Å².